The molecule has 20 heavy (non-hydrogen) atoms. The second-order valence-corrected chi connectivity index (χ2v) is 5.99. The van der Waals surface area contributed by atoms with Gasteiger partial charge in [-0.1, -0.05) is 46.3 Å². The van der Waals surface area contributed by atoms with E-state index in [1.54, 1.807) is 0 Å². The van der Waals surface area contributed by atoms with Gasteiger partial charge in [-0.2, -0.15) is 0 Å². The fraction of sp³-hybridized carbons (Fsp3) is 0.250. The molecule has 104 valence electrons. The van der Waals surface area contributed by atoms with Gasteiger partial charge in [-0.05, 0) is 40.8 Å². The van der Waals surface area contributed by atoms with Crippen LogP contribution in [0.3, 0.4) is 0 Å². The molecule has 3 rings (SSSR count). The quantitative estimate of drug-likeness (QED) is 0.667. The zero-order valence-electron chi connectivity index (χ0n) is 11.1. The molecular weight excluding hydrogens is 316 g/mol. The van der Waals surface area contributed by atoms with Crippen LogP contribution in [0, 0.1) is 0 Å². The van der Waals surface area contributed by atoms with E-state index in [1.807, 2.05) is 0 Å². The summed E-state index contributed by atoms with van der Waals surface area (Å²) in [6, 6.07) is 14.9. The van der Waals surface area contributed by atoms with Gasteiger partial charge in [0.1, 0.15) is 0 Å². The summed E-state index contributed by atoms with van der Waals surface area (Å²) < 4.78 is 6.55. The number of fused-ring (bicyclic) bond motifs is 1. The highest BCUT2D eigenvalue weighted by atomic mass is 79.9. The van der Waals surface area contributed by atoms with Crippen molar-refractivity contribution in [2.45, 2.75) is 25.7 Å². The average molecular weight is 333 g/mol. The van der Waals surface area contributed by atoms with Crippen LogP contribution in [0.15, 0.2) is 46.9 Å². The van der Waals surface area contributed by atoms with E-state index in [4.69, 9.17) is 10.6 Å². The smallest absolute Gasteiger partial charge is 0.0725 e. The normalized spacial score (nSPS) is 15.1. The molecule has 3 nitrogen and oxygen atoms in total. The summed E-state index contributed by atoms with van der Waals surface area (Å²) in [5.74, 6) is 5.74. The average Bonchev–Trinajstić information content (AvgIpc) is 2.94. The predicted molar refractivity (Wildman–Crippen MR) is 82.8 cm³/mol. The van der Waals surface area contributed by atoms with Crippen LogP contribution in [0.4, 0.5) is 0 Å². The van der Waals surface area contributed by atoms with Crippen LogP contribution in [0.2, 0.25) is 0 Å². The second kappa shape index (κ2) is 6.06. The van der Waals surface area contributed by atoms with Crippen molar-refractivity contribution in [3.05, 3.63) is 69.2 Å². The standard InChI is InChI=1S/C16H17BrN2O/c17-15-5-1-11(2-6-15)7-16(19-18)12-3-4-13-9-20-10-14(13)8-12/h1-6,8,16,19H,7,9-10,18H2. The van der Waals surface area contributed by atoms with Gasteiger partial charge in [-0.15, -0.1) is 0 Å². The van der Waals surface area contributed by atoms with Gasteiger partial charge < -0.3 is 4.74 Å². The lowest BCUT2D eigenvalue weighted by Gasteiger charge is -2.17. The van der Waals surface area contributed by atoms with E-state index in [-0.39, 0.29) is 6.04 Å². The van der Waals surface area contributed by atoms with E-state index in [0.717, 1.165) is 17.5 Å². The van der Waals surface area contributed by atoms with E-state index in [9.17, 15) is 0 Å². The molecule has 2 aromatic rings. The highest BCUT2D eigenvalue weighted by Gasteiger charge is 2.16. The minimum Gasteiger partial charge on any atom is -0.372 e. The van der Waals surface area contributed by atoms with E-state index < -0.39 is 0 Å². The molecule has 0 saturated heterocycles. The van der Waals surface area contributed by atoms with Crippen LogP contribution >= 0.6 is 15.9 Å². The molecule has 0 radical (unpaired) electrons. The van der Waals surface area contributed by atoms with E-state index >= 15 is 0 Å². The van der Waals surface area contributed by atoms with Gasteiger partial charge in [-0.25, -0.2) is 0 Å². The van der Waals surface area contributed by atoms with Gasteiger partial charge in [-0.3, -0.25) is 11.3 Å². The molecule has 0 fully saturated rings. The molecule has 0 aliphatic carbocycles. The first-order chi connectivity index (χ1) is 9.76. The Morgan fingerprint density at radius 1 is 1.10 bits per heavy atom. The molecular formula is C16H17BrN2O. The fourth-order valence-corrected chi connectivity index (χ4v) is 2.80. The lowest BCUT2D eigenvalue weighted by molar-refractivity contribution is 0.134. The molecule has 4 heteroatoms. The van der Waals surface area contributed by atoms with Gasteiger partial charge in [0.25, 0.3) is 0 Å². The SMILES string of the molecule is NNC(Cc1ccc(Br)cc1)c1ccc2c(c1)COC2. The second-order valence-electron chi connectivity index (χ2n) is 5.07. The Morgan fingerprint density at radius 3 is 2.60 bits per heavy atom. The van der Waals surface area contributed by atoms with Crippen molar-refractivity contribution < 1.29 is 4.74 Å². The third kappa shape index (κ3) is 2.94. The maximum Gasteiger partial charge on any atom is 0.0725 e. The third-order valence-electron chi connectivity index (χ3n) is 3.70. The molecule has 1 aliphatic heterocycles. The van der Waals surface area contributed by atoms with Crippen LogP contribution < -0.4 is 11.3 Å². The molecule has 2 aromatic carbocycles. The van der Waals surface area contributed by atoms with Crippen LogP contribution in [0.5, 0.6) is 0 Å². The third-order valence-corrected chi connectivity index (χ3v) is 4.23. The summed E-state index contributed by atoms with van der Waals surface area (Å²) in [5.41, 5.74) is 7.95. The molecule has 1 unspecified atom stereocenters. The topological polar surface area (TPSA) is 47.3 Å². The maximum absolute atomic E-state index is 5.74. The number of rotatable bonds is 4. The summed E-state index contributed by atoms with van der Waals surface area (Å²) in [6.07, 6.45) is 0.865. The van der Waals surface area contributed by atoms with Gasteiger partial charge in [0.2, 0.25) is 0 Å². The Kier molecular flexibility index (Phi) is 4.17. The number of nitrogens with one attached hydrogen (secondary N) is 1. The molecule has 1 aliphatic rings. The van der Waals surface area contributed by atoms with Crippen LogP contribution in [0.1, 0.15) is 28.3 Å². The zero-order valence-corrected chi connectivity index (χ0v) is 12.7. The first kappa shape index (κ1) is 13.8. The number of halogens is 1. The van der Waals surface area contributed by atoms with E-state index in [2.05, 4.69) is 63.8 Å². The summed E-state index contributed by atoms with van der Waals surface area (Å²) in [5, 5.41) is 0. The fourth-order valence-electron chi connectivity index (χ4n) is 2.54. The summed E-state index contributed by atoms with van der Waals surface area (Å²) in [7, 11) is 0. The maximum atomic E-state index is 5.74. The summed E-state index contributed by atoms with van der Waals surface area (Å²) >= 11 is 3.45. The first-order valence-corrected chi connectivity index (χ1v) is 7.45. The molecule has 1 heterocycles. The van der Waals surface area contributed by atoms with Crippen LogP contribution in [-0.2, 0) is 24.4 Å². The van der Waals surface area contributed by atoms with Crippen LogP contribution in [-0.4, -0.2) is 0 Å². The summed E-state index contributed by atoms with van der Waals surface area (Å²) in [4.78, 5) is 0. The Labute approximate surface area is 127 Å². The minimum absolute atomic E-state index is 0.113. The van der Waals surface area contributed by atoms with Gasteiger partial charge in [0, 0.05) is 10.5 Å². The van der Waals surface area contributed by atoms with Crippen molar-refractivity contribution in [1.29, 1.82) is 0 Å². The zero-order chi connectivity index (χ0) is 13.9. The molecule has 0 bridgehead atoms. The largest absolute Gasteiger partial charge is 0.372 e. The van der Waals surface area contributed by atoms with Gasteiger partial charge >= 0.3 is 0 Å². The molecule has 0 amide bonds. The van der Waals surface area contributed by atoms with Crippen molar-refractivity contribution in [3.8, 4) is 0 Å². The van der Waals surface area contributed by atoms with Crippen LogP contribution in [0.25, 0.3) is 0 Å². The van der Waals surface area contributed by atoms with Crippen molar-refractivity contribution in [3.63, 3.8) is 0 Å². The Bertz CT molecular complexity index is 598. The Hall–Kier alpha value is -1.20. The lowest BCUT2D eigenvalue weighted by atomic mass is 9.96. The van der Waals surface area contributed by atoms with E-state index in [0.29, 0.717) is 6.61 Å². The Morgan fingerprint density at radius 2 is 1.85 bits per heavy atom. The van der Waals surface area contributed by atoms with Crippen molar-refractivity contribution in [2.75, 3.05) is 0 Å². The number of hydrogen-bond donors (Lipinski definition) is 2. The van der Waals surface area contributed by atoms with Crippen molar-refractivity contribution in [2.24, 2.45) is 5.84 Å². The number of hydrogen-bond acceptors (Lipinski definition) is 3. The first-order valence-electron chi connectivity index (χ1n) is 6.66. The van der Waals surface area contributed by atoms with Gasteiger partial charge in [0.05, 0.1) is 13.2 Å². The lowest BCUT2D eigenvalue weighted by Crippen LogP contribution is -2.29. The minimum atomic E-state index is 0.113. The van der Waals surface area contributed by atoms with Crippen molar-refractivity contribution in [1.82, 2.24) is 5.43 Å². The number of benzene rings is 2. The highest BCUT2D eigenvalue weighted by molar-refractivity contribution is 9.10. The Balaban J connectivity index is 1.81. The summed E-state index contributed by atoms with van der Waals surface area (Å²) in [6.45, 7) is 1.43. The predicted octanol–water partition coefficient (Wildman–Crippen LogP) is 3.23. The van der Waals surface area contributed by atoms with Crippen molar-refractivity contribution >= 4 is 15.9 Å². The van der Waals surface area contributed by atoms with Gasteiger partial charge in [0.15, 0.2) is 0 Å². The molecule has 0 spiro atoms. The van der Waals surface area contributed by atoms with E-state index in [1.165, 1.54) is 22.3 Å². The monoisotopic (exact) mass is 332 g/mol. The molecule has 0 saturated carbocycles. The number of ether oxygens (including phenoxy) is 1. The number of hydrazine groups is 1. The number of nitrogens with two attached hydrogens (primary N) is 1. The highest BCUT2D eigenvalue weighted by Crippen LogP contribution is 2.25. The molecule has 1 atom stereocenters. The molecule has 3 N–H and O–H groups in total. The molecule has 0 aromatic heterocycles.